The minimum atomic E-state index is -0.585. The van der Waals surface area contributed by atoms with Crippen molar-refractivity contribution >= 4 is 23.2 Å². The monoisotopic (exact) mass is 269 g/mol. The summed E-state index contributed by atoms with van der Waals surface area (Å²) in [5, 5.41) is 9.73. The lowest BCUT2D eigenvalue weighted by molar-refractivity contribution is -0.124. The van der Waals surface area contributed by atoms with Gasteiger partial charge in [-0.2, -0.15) is 0 Å². The molecule has 98 valence electrons. The number of aliphatic hydroxyl groups excluding tert-OH is 1. The number of benzene rings is 1. The number of carbonyl (C=O) groups is 1. The zero-order valence-corrected chi connectivity index (χ0v) is 11.2. The number of rotatable bonds is 4. The molecule has 0 bridgehead atoms. The predicted octanol–water partition coefficient (Wildman–Crippen LogP) is 2.08. The zero-order chi connectivity index (χ0) is 13.3. The molecule has 0 aromatic heterocycles. The molecule has 4 nitrogen and oxygen atoms in total. The molecule has 1 fully saturated rings. The van der Waals surface area contributed by atoms with Gasteiger partial charge in [0.15, 0.2) is 0 Å². The summed E-state index contributed by atoms with van der Waals surface area (Å²) in [6.07, 6.45) is 1.47. The third kappa shape index (κ3) is 2.18. The summed E-state index contributed by atoms with van der Waals surface area (Å²) in [4.78, 5) is 13.7. The fourth-order valence-corrected chi connectivity index (χ4v) is 2.24. The highest BCUT2D eigenvalue weighted by molar-refractivity contribution is 6.34. The largest absolute Gasteiger partial charge is 0.497 e. The van der Waals surface area contributed by atoms with Crippen molar-refractivity contribution in [1.29, 1.82) is 0 Å². The number of halogens is 1. The molecule has 1 amide bonds. The summed E-state index contributed by atoms with van der Waals surface area (Å²) in [6.45, 7) is -0.107. The number of hydrogen-bond acceptors (Lipinski definition) is 3. The number of amides is 1. The molecule has 2 rings (SSSR count). The Kier molecular flexibility index (Phi) is 3.50. The summed E-state index contributed by atoms with van der Waals surface area (Å²) < 4.78 is 5.06. The Balaban J connectivity index is 2.23. The summed E-state index contributed by atoms with van der Waals surface area (Å²) >= 11 is 6.12. The first-order valence-corrected chi connectivity index (χ1v) is 6.14. The lowest BCUT2D eigenvalue weighted by Crippen LogP contribution is -2.36. The van der Waals surface area contributed by atoms with Crippen molar-refractivity contribution in [3.8, 4) is 5.75 Å². The molecule has 1 aliphatic rings. The maximum Gasteiger partial charge on any atom is 0.235 e. The summed E-state index contributed by atoms with van der Waals surface area (Å²) in [6, 6.07) is 5.16. The van der Waals surface area contributed by atoms with E-state index in [1.165, 1.54) is 4.90 Å². The number of aliphatic hydroxyl groups is 1. The van der Waals surface area contributed by atoms with Gasteiger partial charge in [0.2, 0.25) is 5.91 Å². The van der Waals surface area contributed by atoms with Gasteiger partial charge in [-0.15, -0.1) is 0 Å². The van der Waals surface area contributed by atoms with Crippen molar-refractivity contribution in [3.63, 3.8) is 0 Å². The minimum absolute atomic E-state index is 0.0860. The topological polar surface area (TPSA) is 49.8 Å². The van der Waals surface area contributed by atoms with E-state index in [0.29, 0.717) is 16.5 Å². The standard InChI is InChI=1S/C13H16ClNO3/c1-15(12(17)13(8-16)5-6-13)11-4-3-9(18-2)7-10(11)14/h3-4,7,16H,5-6,8H2,1-2H3. The van der Waals surface area contributed by atoms with Gasteiger partial charge in [-0.3, -0.25) is 4.79 Å². The second kappa shape index (κ2) is 4.78. The number of methoxy groups -OCH3 is 1. The molecule has 1 N–H and O–H groups in total. The van der Waals surface area contributed by atoms with Crippen molar-refractivity contribution in [2.24, 2.45) is 5.41 Å². The molecule has 0 spiro atoms. The van der Waals surface area contributed by atoms with Crippen LogP contribution in [0.25, 0.3) is 0 Å². The number of nitrogens with zero attached hydrogens (tertiary/aromatic N) is 1. The second-order valence-corrected chi connectivity index (χ2v) is 5.03. The zero-order valence-electron chi connectivity index (χ0n) is 10.4. The summed E-state index contributed by atoms with van der Waals surface area (Å²) in [5.41, 5.74) is 0.0417. The number of anilines is 1. The molecule has 0 radical (unpaired) electrons. The van der Waals surface area contributed by atoms with Crippen molar-refractivity contribution in [3.05, 3.63) is 23.2 Å². The average molecular weight is 270 g/mol. The van der Waals surface area contributed by atoms with Crippen molar-refractivity contribution in [2.45, 2.75) is 12.8 Å². The number of hydrogen-bond donors (Lipinski definition) is 1. The maximum atomic E-state index is 12.2. The normalized spacial score (nSPS) is 16.2. The highest BCUT2D eigenvalue weighted by Crippen LogP contribution is 2.47. The van der Waals surface area contributed by atoms with E-state index in [0.717, 1.165) is 12.8 Å². The molecule has 1 aromatic carbocycles. The molecule has 5 heteroatoms. The second-order valence-electron chi connectivity index (χ2n) is 4.62. The Hall–Kier alpha value is -1.26. The van der Waals surface area contributed by atoms with Gasteiger partial charge < -0.3 is 14.7 Å². The van der Waals surface area contributed by atoms with E-state index in [2.05, 4.69) is 0 Å². The molecule has 0 unspecified atom stereocenters. The molecule has 18 heavy (non-hydrogen) atoms. The van der Waals surface area contributed by atoms with E-state index < -0.39 is 5.41 Å². The van der Waals surface area contributed by atoms with Gasteiger partial charge in [-0.05, 0) is 25.0 Å². The fraction of sp³-hybridized carbons (Fsp3) is 0.462. The Morgan fingerprint density at radius 1 is 1.56 bits per heavy atom. The number of ether oxygens (including phenoxy) is 1. The van der Waals surface area contributed by atoms with Gasteiger partial charge in [0, 0.05) is 13.1 Å². The van der Waals surface area contributed by atoms with Crippen LogP contribution in [0.4, 0.5) is 5.69 Å². The molecular formula is C13H16ClNO3. The van der Waals surface area contributed by atoms with Crippen LogP contribution in [0.1, 0.15) is 12.8 Å². The number of carbonyl (C=O) groups excluding carboxylic acids is 1. The molecule has 0 aliphatic heterocycles. The van der Waals surface area contributed by atoms with Crippen LogP contribution in [0.2, 0.25) is 5.02 Å². The quantitative estimate of drug-likeness (QED) is 0.911. The van der Waals surface area contributed by atoms with E-state index in [-0.39, 0.29) is 12.5 Å². The van der Waals surface area contributed by atoms with Crippen LogP contribution >= 0.6 is 11.6 Å². The van der Waals surface area contributed by atoms with E-state index in [9.17, 15) is 9.90 Å². The van der Waals surface area contributed by atoms with E-state index in [4.69, 9.17) is 16.3 Å². The van der Waals surface area contributed by atoms with Gasteiger partial charge in [-0.1, -0.05) is 11.6 Å². The van der Waals surface area contributed by atoms with Crippen molar-refractivity contribution in [1.82, 2.24) is 0 Å². The molecule has 1 aliphatic carbocycles. The van der Waals surface area contributed by atoms with E-state index in [1.54, 1.807) is 32.4 Å². The first-order valence-electron chi connectivity index (χ1n) is 5.76. The van der Waals surface area contributed by atoms with Crippen LogP contribution in [-0.2, 0) is 4.79 Å². The van der Waals surface area contributed by atoms with Crippen LogP contribution in [-0.4, -0.2) is 31.8 Å². The van der Waals surface area contributed by atoms with Gasteiger partial charge in [0.25, 0.3) is 0 Å². The maximum absolute atomic E-state index is 12.2. The molecule has 1 saturated carbocycles. The highest BCUT2D eigenvalue weighted by Gasteiger charge is 2.51. The third-order valence-corrected chi connectivity index (χ3v) is 3.73. The van der Waals surface area contributed by atoms with Crippen LogP contribution in [0.15, 0.2) is 18.2 Å². The Labute approximate surface area is 111 Å². The van der Waals surface area contributed by atoms with Crippen molar-refractivity contribution in [2.75, 3.05) is 25.7 Å². The average Bonchev–Trinajstić information content (AvgIpc) is 3.18. The Bertz CT molecular complexity index is 471. The lowest BCUT2D eigenvalue weighted by Gasteiger charge is -2.23. The molecule has 0 saturated heterocycles. The first kappa shape index (κ1) is 13.2. The van der Waals surface area contributed by atoms with Gasteiger partial charge in [0.05, 0.1) is 29.8 Å². The SMILES string of the molecule is COc1ccc(N(C)C(=O)C2(CO)CC2)c(Cl)c1. The molecule has 1 aromatic rings. The fourth-order valence-electron chi connectivity index (χ4n) is 1.94. The van der Waals surface area contributed by atoms with E-state index >= 15 is 0 Å². The van der Waals surface area contributed by atoms with Crippen LogP contribution in [0, 0.1) is 5.41 Å². The van der Waals surface area contributed by atoms with Crippen LogP contribution < -0.4 is 9.64 Å². The Morgan fingerprint density at radius 2 is 2.22 bits per heavy atom. The smallest absolute Gasteiger partial charge is 0.235 e. The van der Waals surface area contributed by atoms with Gasteiger partial charge in [-0.25, -0.2) is 0 Å². The third-order valence-electron chi connectivity index (χ3n) is 3.43. The molecular weight excluding hydrogens is 254 g/mol. The molecule has 0 heterocycles. The predicted molar refractivity (Wildman–Crippen MR) is 70.2 cm³/mol. The van der Waals surface area contributed by atoms with Gasteiger partial charge >= 0.3 is 0 Å². The van der Waals surface area contributed by atoms with E-state index in [1.807, 2.05) is 0 Å². The Morgan fingerprint density at radius 3 is 2.67 bits per heavy atom. The lowest BCUT2D eigenvalue weighted by atomic mass is 10.1. The van der Waals surface area contributed by atoms with Crippen LogP contribution in [0.3, 0.4) is 0 Å². The first-order chi connectivity index (χ1) is 8.54. The highest BCUT2D eigenvalue weighted by atomic mass is 35.5. The van der Waals surface area contributed by atoms with Crippen molar-refractivity contribution < 1.29 is 14.6 Å². The minimum Gasteiger partial charge on any atom is -0.497 e. The molecule has 0 atom stereocenters. The van der Waals surface area contributed by atoms with Crippen LogP contribution in [0.5, 0.6) is 5.75 Å². The summed E-state index contributed by atoms with van der Waals surface area (Å²) in [5.74, 6) is 0.560. The summed E-state index contributed by atoms with van der Waals surface area (Å²) in [7, 11) is 3.23. The van der Waals surface area contributed by atoms with Gasteiger partial charge in [0.1, 0.15) is 5.75 Å².